The highest BCUT2D eigenvalue weighted by molar-refractivity contribution is 5.91. The quantitative estimate of drug-likeness (QED) is 0.390. The summed E-state index contributed by atoms with van der Waals surface area (Å²) in [6, 6.07) is 22.2. The highest BCUT2D eigenvalue weighted by Crippen LogP contribution is 2.32. The van der Waals surface area contributed by atoms with Gasteiger partial charge in [0.05, 0.1) is 0 Å². The normalized spacial score (nSPS) is 14.9. The van der Waals surface area contributed by atoms with Crippen LogP contribution in [0.5, 0.6) is 0 Å². The Morgan fingerprint density at radius 1 is 0.909 bits per heavy atom. The predicted molar refractivity (Wildman–Crippen MR) is 138 cm³/mol. The molecule has 33 heavy (non-hydrogen) atoms. The number of nitrogens with zero attached hydrogens (tertiary/aromatic N) is 3. The third-order valence-corrected chi connectivity index (χ3v) is 6.61. The van der Waals surface area contributed by atoms with Crippen molar-refractivity contribution in [3.63, 3.8) is 0 Å². The average molecular weight is 441 g/mol. The van der Waals surface area contributed by atoms with Crippen LogP contribution in [0.4, 0.5) is 17.4 Å². The summed E-state index contributed by atoms with van der Waals surface area (Å²) in [5.41, 5.74) is 8.64. The van der Waals surface area contributed by atoms with Crippen LogP contribution in [0.3, 0.4) is 0 Å². The molecule has 1 aromatic heterocycles. The van der Waals surface area contributed by atoms with Crippen LogP contribution < -0.4 is 10.2 Å². The van der Waals surface area contributed by atoms with Gasteiger partial charge in [0.2, 0.25) is 0 Å². The van der Waals surface area contributed by atoms with Crippen molar-refractivity contribution >= 4 is 28.5 Å². The molecule has 0 atom stereocenters. The molecule has 0 saturated carbocycles. The van der Waals surface area contributed by atoms with Crippen LogP contribution in [-0.4, -0.2) is 42.1 Å². The van der Waals surface area contributed by atoms with Crippen molar-refractivity contribution in [2.75, 3.05) is 36.4 Å². The highest BCUT2D eigenvalue weighted by Gasteiger charge is 2.20. The summed E-state index contributed by atoms with van der Waals surface area (Å²) < 4.78 is 6.17. The van der Waals surface area contributed by atoms with E-state index in [-0.39, 0.29) is 0 Å². The lowest BCUT2D eigenvalue weighted by Gasteiger charge is -2.38. The first-order valence-corrected chi connectivity index (χ1v) is 11.8. The highest BCUT2D eigenvalue weighted by atomic mass is 16.4. The minimum Gasteiger partial charge on any atom is -0.423 e. The number of aryl methyl sites for hydroxylation is 2. The molecule has 3 aromatic carbocycles. The van der Waals surface area contributed by atoms with Gasteiger partial charge in [0.25, 0.3) is 6.01 Å². The van der Waals surface area contributed by atoms with E-state index in [4.69, 9.17) is 4.42 Å². The molecular weight excluding hydrogens is 408 g/mol. The molecule has 5 rings (SSSR count). The number of para-hydroxylation sites is 1. The molecule has 0 amide bonds. The number of fused-ring (bicyclic) bond motifs is 1. The topological polar surface area (TPSA) is 44.5 Å². The number of benzene rings is 3. The molecular formula is C28H32N4O. The van der Waals surface area contributed by atoms with E-state index in [1.807, 2.05) is 12.1 Å². The zero-order valence-electron chi connectivity index (χ0n) is 19.9. The minimum atomic E-state index is 0.516. The number of anilines is 3. The Kier molecular flexibility index (Phi) is 5.81. The lowest BCUT2D eigenvalue weighted by Crippen LogP contribution is -2.49. The molecule has 4 aromatic rings. The van der Waals surface area contributed by atoms with Crippen molar-refractivity contribution < 1.29 is 4.42 Å². The summed E-state index contributed by atoms with van der Waals surface area (Å²) in [7, 11) is 0. The molecule has 0 spiro atoms. The maximum atomic E-state index is 6.17. The molecule has 0 bridgehead atoms. The van der Waals surface area contributed by atoms with Gasteiger partial charge >= 0.3 is 0 Å². The van der Waals surface area contributed by atoms with E-state index in [1.165, 1.54) is 16.8 Å². The smallest absolute Gasteiger partial charge is 0.300 e. The van der Waals surface area contributed by atoms with E-state index in [0.29, 0.717) is 12.1 Å². The number of rotatable bonds is 5. The van der Waals surface area contributed by atoms with Gasteiger partial charge in [-0.2, -0.15) is 4.98 Å². The summed E-state index contributed by atoms with van der Waals surface area (Å²) >= 11 is 0. The second-order valence-electron chi connectivity index (χ2n) is 9.28. The number of piperazine rings is 1. The summed E-state index contributed by atoms with van der Waals surface area (Å²) in [6.45, 7) is 13.2. The van der Waals surface area contributed by atoms with Crippen LogP contribution in [0.2, 0.25) is 0 Å². The first-order valence-electron chi connectivity index (χ1n) is 11.8. The molecule has 1 N–H and O–H groups in total. The summed E-state index contributed by atoms with van der Waals surface area (Å²) in [6.07, 6.45) is 0. The van der Waals surface area contributed by atoms with E-state index in [1.54, 1.807) is 0 Å². The Bertz CT molecular complexity index is 1250. The maximum absolute atomic E-state index is 6.17. The number of aromatic nitrogens is 1. The van der Waals surface area contributed by atoms with Crippen molar-refractivity contribution in [2.24, 2.45) is 0 Å². The third kappa shape index (κ3) is 4.46. The van der Waals surface area contributed by atoms with Crippen molar-refractivity contribution in [3.8, 4) is 11.1 Å². The van der Waals surface area contributed by atoms with Crippen LogP contribution in [0.15, 0.2) is 65.1 Å². The molecule has 5 heteroatoms. The largest absolute Gasteiger partial charge is 0.423 e. The van der Waals surface area contributed by atoms with Gasteiger partial charge < -0.3 is 14.6 Å². The van der Waals surface area contributed by atoms with Crippen LogP contribution in [0.25, 0.3) is 22.2 Å². The minimum absolute atomic E-state index is 0.516. The Labute approximate surface area is 196 Å². The van der Waals surface area contributed by atoms with Crippen molar-refractivity contribution in [1.29, 1.82) is 0 Å². The van der Waals surface area contributed by atoms with Gasteiger partial charge in [0, 0.05) is 49.2 Å². The fourth-order valence-corrected chi connectivity index (χ4v) is 4.65. The lowest BCUT2D eigenvalue weighted by atomic mass is 10.0. The van der Waals surface area contributed by atoms with Crippen LogP contribution >= 0.6 is 0 Å². The maximum Gasteiger partial charge on any atom is 0.300 e. The van der Waals surface area contributed by atoms with Crippen molar-refractivity contribution in [3.05, 3.63) is 71.8 Å². The monoisotopic (exact) mass is 440 g/mol. The summed E-state index contributed by atoms with van der Waals surface area (Å²) in [4.78, 5) is 9.72. The van der Waals surface area contributed by atoms with E-state index in [2.05, 4.69) is 96.3 Å². The van der Waals surface area contributed by atoms with Crippen LogP contribution in [0, 0.1) is 13.8 Å². The lowest BCUT2D eigenvalue weighted by molar-refractivity contribution is 0.209. The average Bonchev–Trinajstić information content (AvgIpc) is 3.22. The molecule has 5 nitrogen and oxygen atoms in total. The molecule has 1 aliphatic heterocycles. The third-order valence-electron chi connectivity index (χ3n) is 6.61. The van der Waals surface area contributed by atoms with Gasteiger partial charge in [-0.3, -0.25) is 4.90 Å². The van der Waals surface area contributed by atoms with Gasteiger partial charge in [0.1, 0.15) is 5.52 Å². The van der Waals surface area contributed by atoms with Crippen LogP contribution in [-0.2, 0) is 0 Å². The standard InChI is InChI=1S/C28H32N4O/c1-19(2)31-14-16-32(17-15-31)26-13-12-23(18-21(26)4)29-28-30-25-7-5-6-24(27(25)33-28)22-10-8-20(3)9-11-22/h5-13,18-19H,14-17H2,1-4H3,(H,29,30). The zero-order chi connectivity index (χ0) is 22.9. The van der Waals surface area contributed by atoms with Crippen molar-refractivity contribution in [1.82, 2.24) is 9.88 Å². The van der Waals surface area contributed by atoms with Gasteiger partial charge in [-0.15, -0.1) is 0 Å². The molecule has 0 radical (unpaired) electrons. The predicted octanol–water partition coefficient (Wildman–Crippen LogP) is 6.39. The zero-order valence-corrected chi connectivity index (χ0v) is 19.9. The Hall–Kier alpha value is -3.31. The van der Waals surface area contributed by atoms with Gasteiger partial charge in [-0.1, -0.05) is 42.0 Å². The number of nitrogens with one attached hydrogen (secondary N) is 1. The molecule has 0 unspecified atom stereocenters. The second kappa shape index (κ2) is 8.91. The fourth-order valence-electron chi connectivity index (χ4n) is 4.65. The Morgan fingerprint density at radius 2 is 1.67 bits per heavy atom. The van der Waals surface area contributed by atoms with E-state index < -0.39 is 0 Å². The number of oxazole rings is 1. The van der Waals surface area contributed by atoms with Gasteiger partial charge in [0.15, 0.2) is 5.58 Å². The van der Waals surface area contributed by atoms with E-state index in [0.717, 1.165) is 54.1 Å². The first kappa shape index (κ1) is 21.5. The Morgan fingerprint density at radius 3 is 2.36 bits per heavy atom. The van der Waals surface area contributed by atoms with Gasteiger partial charge in [-0.25, -0.2) is 0 Å². The molecule has 1 aliphatic rings. The number of hydrogen-bond acceptors (Lipinski definition) is 5. The summed E-state index contributed by atoms with van der Waals surface area (Å²) in [5, 5.41) is 3.37. The molecule has 170 valence electrons. The molecule has 0 aliphatic carbocycles. The second-order valence-corrected chi connectivity index (χ2v) is 9.28. The molecule has 2 heterocycles. The fraction of sp³-hybridized carbons (Fsp3) is 0.321. The van der Waals surface area contributed by atoms with Crippen LogP contribution in [0.1, 0.15) is 25.0 Å². The van der Waals surface area contributed by atoms with Crippen molar-refractivity contribution in [2.45, 2.75) is 33.7 Å². The van der Waals surface area contributed by atoms with E-state index in [9.17, 15) is 0 Å². The number of hydrogen-bond donors (Lipinski definition) is 1. The van der Waals surface area contributed by atoms with Gasteiger partial charge in [-0.05, 0) is 63.1 Å². The Balaban J connectivity index is 1.35. The summed E-state index contributed by atoms with van der Waals surface area (Å²) in [5.74, 6) is 0. The molecule has 1 saturated heterocycles. The SMILES string of the molecule is Cc1ccc(-c2cccc3nc(Nc4ccc(N5CCN(C(C)C)CC5)c(C)c4)oc23)cc1. The van der Waals surface area contributed by atoms with E-state index >= 15 is 0 Å². The molecule has 1 fully saturated rings. The first-order chi connectivity index (χ1) is 16.0.